The van der Waals surface area contributed by atoms with Gasteiger partial charge >= 0.3 is 0 Å². The number of carbonyl (C=O) groups is 1. The number of nitrogens with one attached hydrogen (secondary N) is 1. The van der Waals surface area contributed by atoms with E-state index in [2.05, 4.69) is 5.32 Å². The first kappa shape index (κ1) is 10.5. The third-order valence-electron chi connectivity index (χ3n) is 1.79. The summed E-state index contributed by atoms with van der Waals surface area (Å²) in [4.78, 5) is 11.1. The lowest BCUT2D eigenvalue weighted by Crippen LogP contribution is -2.13. The molecular formula is C10H12INO. The Balaban J connectivity index is 2.87. The standard InChI is InChI=1S/C10H12INO/c1-7-3-4-8(2)9(5-7)12-10(13)6-11/h3-5H,6H2,1-2H3,(H,12,13). The summed E-state index contributed by atoms with van der Waals surface area (Å²) in [5, 5.41) is 2.85. The second-order valence-electron chi connectivity index (χ2n) is 3.00. The second-order valence-corrected chi connectivity index (χ2v) is 3.76. The Hall–Kier alpha value is -0.580. The lowest BCUT2D eigenvalue weighted by Gasteiger charge is -2.07. The van der Waals surface area contributed by atoms with Gasteiger partial charge in [0.2, 0.25) is 5.91 Å². The molecule has 0 aliphatic rings. The Morgan fingerprint density at radius 2 is 2.15 bits per heavy atom. The zero-order valence-electron chi connectivity index (χ0n) is 7.73. The zero-order valence-corrected chi connectivity index (χ0v) is 9.88. The van der Waals surface area contributed by atoms with Crippen LogP contribution in [0.5, 0.6) is 0 Å². The molecule has 70 valence electrons. The van der Waals surface area contributed by atoms with Crippen LogP contribution < -0.4 is 5.32 Å². The van der Waals surface area contributed by atoms with Gasteiger partial charge in [0.15, 0.2) is 0 Å². The van der Waals surface area contributed by atoms with Crippen LogP contribution in [0.4, 0.5) is 5.69 Å². The number of anilines is 1. The fourth-order valence-corrected chi connectivity index (χ4v) is 1.24. The van der Waals surface area contributed by atoms with E-state index in [1.165, 1.54) is 0 Å². The van der Waals surface area contributed by atoms with Crippen molar-refractivity contribution < 1.29 is 4.79 Å². The van der Waals surface area contributed by atoms with Crippen LogP contribution in [0.1, 0.15) is 11.1 Å². The summed E-state index contributed by atoms with van der Waals surface area (Å²) in [6, 6.07) is 6.03. The van der Waals surface area contributed by atoms with Crippen molar-refractivity contribution >= 4 is 34.2 Å². The first-order chi connectivity index (χ1) is 6.13. The third-order valence-corrected chi connectivity index (χ3v) is 2.48. The van der Waals surface area contributed by atoms with Gasteiger partial charge in [0, 0.05) is 5.69 Å². The molecule has 0 heterocycles. The van der Waals surface area contributed by atoms with Crippen LogP contribution in [0.2, 0.25) is 0 Å². The summed E-state index contributed by atoms with van der Waals surface area (Å²) < 4.78 is 0.491. The van der Waals surface area contributed by atoms with E-state index in [-0.39, 0.29) is 5.91 Å². The molecule has 0 spiro atoms. The van der Waals surface area contributed by atoms with Crippen molar-refractivity contribution in [1.82, 2.24) is 0 Å². The summed E-state index contributed by atoms with van der Waals surface area (Å²) in [6.07, 6.45) is 0. The van der Waals surface area contributed by atoms with E-state index in [1.54, 1.807) is 0 Å². The number of aryl methyl sites for hydroxylation is 2. The number of benzene rings is 1. The number of hydrogen-bond acceptors (Lipinski definition) is 1. The zero-order chi connectivity index (χ0) is 9.84. The van der Waals surface area contributed by atoms with Crippen molar-refractivity contribution in [2.75, 3.05) is 9.74 Å². The molecule has 0 fully saturated rings. The van der Waals surface area contributed by atoms with Gasteiger partial charge in [0.25, 0.3) is 0 Å². The minimum absolute atomic E-state index is 0.0503. The molecule has 13 heavy (non-hydrogen) atoms. The lowest BCUT2D eigenvalue weighted by atomic mass is 10.1. The van der Waals surface area contributed by atoms with Gasteiger partial charge in [0.05, 0.1) is 4.43 Å². The fraction of sp³-hybridized carbons (Fsp3) is 0.300. The van der Waals surface area contributed by atoms with Gasteiger partial charge in [-0.3, -0.25) is 4.79 Å². The summed E-state index contributed by atoms with van der Waals surface area (Å²) in [5.74, 6) is 0.0503. The molecule has 0 saturated heterocycles. The normalized spacial score (nSPS) is 9.77. The molecule has 0 aliphatic carbocycles. The highest BCUT2D eigenvalue weighted by molar-refractivity contribution is 14.1. The van der Waals surface area contributed by atoms with Crippen LogP contribution >= 0.6 is 22.6 Å². The van der Waals surface area contributed by atoms with Crippen LogP contribution in [-0.2, 0) is 4.79 Å². The predicted octanol–water partition coefficient (Wildman–Crippen LogP) is 2.68. The third kappa shape index (κ3) is 2.99. The molecule has 2 nitrogen and oxygen atoms in total. The molecule has 3 heteroatoms. The van der Waals surface area contributed by atoms with Gasteiger partial charge < -0.3 is 5.32 Å². The van der Waals surface area contributed by atoms with E-state index in [4.69, 9.17) is 0 Å². The maximum atomic E-state index is 11.1. The van der Waals surface area contributed by atoms with Crippen molar-refractivity contribution in [2.45, 2.75) is 13.8 Å². The van der Waals surface area contributed by atoms with Crippen LogP contribution in [0, 0.1) is 13.8 Å². The van der Waals surface area contributed by atoms with Gasteiger partial charge in [-0.1, -0.05) is 34.7 Å². The first-order valence-corrected chi connectivity index (χ1v) is 5.59. The molecule has 1 amide bonds. The number of hydrogen-bond donors (Lipinski definition) is 1. The largest absolute Gasteiger partial charge is 0.325 e. The van der Waals surface area contributed by atoms with Crippen molar-refractivity contribution in [3.05, 3.63) is 29.3 Å². The molecule has 0 radical (unpaired) electrons. The highest BCUT2D eigenvalue weighted by Gasteiger charge is 2.02. The number of rotatable bonds is 2. The average Bonchev–Trinajstić information content (AvgIpc) is 2.11. The topological polar surface area (TPSA) is 29.1 Å². The van der Waals surface area contributed by atoms with Gasteiger partial charge in [-0.25, -0.2) is 0 Å². The molecule has 1 rings (SSSR count). The molecule has 1 aromatic rings. The van der Waals surface area contributed by atoms with Crippen LogP contribution in [0.15, 0.2) is 18.2 Å². The molecule has 1 aromatic carbocycles. The number of carbonyl (C=O) groups excluding carboxylic acids is 1. The quantitative estimate of drug-likeness (QED) is 0.658. The van der Waals surface area contributed by atoms with Crippen molar-refractivity contribution in [3.8, 4) is 0 Å². The Labute approximate surface area is 91.9 Å². The molecule has 1 N–H and O–H groups in total. The SMILES string of the molecule is Cc1ccc(C)c(NC(=O)CI)c1. The molecule has 0 unspecified atom stereocenters. The monoisotopic (exact) mass is 289 g/mol. The summed E-state index contributed by atoms with van der Waals surface area (Å²) in [7, 11) is 0. The Morgan fingerprint density at radius 1 is 1.46 bits per heavy atom. The molecule has 0 bridgehead atoms. The maximum absolute atomic E-state index is 11.1. The van der Waals surface area contributed by atoms with Crippen LogP contribution in [0.3, 0.4) is 0 Å². The van der Waals surface area contributed by atoms with Gasteiger partial charge in [-0.05, 0) is 31.0 Å². The van der Waals surface area contributed by atoms with E-state index in [9.17, 15) is 4.79 Å². The molecular weight excluding hydrogens is 277 g/mol. The minimum Gasteiger partial charge on any atom is -0.325 e. The Kier molecular flexibility index (Phi) is 3.71. The number of alkyl halides is 1. The highest BCUT2D eigenvalue weighted by atomic mass is 127. The highest BCUT2D eigenvalue weighted by Crippen LogP contribution is 2.16. The maximum Gasteiger partial charge on any atom is 0.234 e. The molecule has 0 aromatic heterocycles. The van der Waals surface area contributed by atoms with Gasteiger partial charge in [0.1, 0.15) is 0 Å². The first-order valence-electron chi connectivity index (χ1n) is 4.06. The summed E-state index contributed by atoms with van der Waals surface area (Å²) in [5.41, 5.74) is 3.18. The van der Waals surface area contributed by atoms with Crippen molar-refractivity contribution in [3.63, 3.8) is 0 Å². The van der Waals surface area contributed by atoms with E-state index in [0.717, 1.165) is 16.8 Å². The summed E-state index contributed by atoms with van der Waals surface area (Å²) in [6.45, 7) is 4.00. The fourth-order valence-electron chi connectivity index (χ4n) is 1.05. The van der Waals surface area contributed by atoms with Crippen molar-refractivity contribution in [2.24, 2.45) is 0 Å². The number of halogens is 1. The minimum atomic E-state index is 0.0503. The molecule has 0 aliphatic heterocycles. The predicted molar refractivity (Wildman–Crippen MR) is 63.4 cm³/mol. The Bertz CT molecular complexity index is 323. The summed E-state index contributed by atoms with van der Waals surface area (Å²) >= 11 is 2.05. The van der Waals surface area contributed by atoms with Crippen LogP contribution in [0.25, 0.3) is 0 Å². The van der Waals surface area contributed by atoms with Gasteiger partial charge in [-0.15, -0.1) is 0 Å². The van der Waals surface area contributed by atoms with E-state index >= 15 is 0 Å². The van der Waals surface area contributed by atoms with E-state index < -0.39 is 0 Å². The smallest absolute Gasteiger partial charge is 0.234 e. The van der Waals surface area contributed by atoms with E-state index in [0.29, 0.717) is 4.43 Å². The lowest BCUT2D eigenvalue weighted by molar-refractivity contribution is -0.113. The van der Waals surface area contributed by atoms with Crippen molar-refractivity contribution in [1.29, 1.82) is 0 Å². The van der Waals surface area contributed by atoms with Crippen LogP contribution in [-0.4, -0.2) is 10.3 Å². The molecule has 0 saturated carbocycles. The average molecular weight is 289 g/mol. The number of amides is 1. The van der Waals surface area contributed by atoms with E-state index in [1.807, 2.05) is 54.6 Å². The van der Waals surface area contributed by atoms with Gasteiger partial charge in [-0.2, -0.15) is 0 Å². The Morgan fingerprint density at radius 3 is 2.77 bits per heavy atom. The second kappa shape index (κ2) is 4.60. The molecule has 0 atom stereocenters.